The van der Waals surface area contributed by atoms with E-state index in [0.717, 1.165) is 12.8 Å². The molecule has 0 aromatic rings. The highest BCUT2D eigenvalue weighted by molar-refractivity contribution is 5.37. The van der Waals surface area contributed by atoms with E-state index in [0.29, 0.717) is 18.8 Å². The van der Waals surface area contributed by atoms with Crippen molar-refractivity contribution in [2.45, 2.75) is 31.5 Å². The molecule has 3 heteroatoms. The lowest BCUT2D eigenvalue weighted by atomic mass is 9.85. The number of aliphatic hydroxyl groups is 1. The van der Waals surface area contributed by atoms with Gasteiger partial charge in [-0.25, -0.2) is 0 Å². The lowest BCUT2D eigenvalue weighted by Gasteiger charge is -2.29. The molecule has 3 unspecified atom stereocenters. The van der Waals surface area contributed by atoms with E-state index in [-0.39, 0.29) is 6.10 Å². The SMILES string of the molecule is C=CC1CCC(OC=O)C(O)C1. The Hall–Kier alpha value is -0.830. The molecule has 0 aromatic carbocycles. The smallest absolute Gasteiger partial charge is 0.293 e. The maximum absolute atomic E-state index is 10.0. The molecule has 12 heavy (non-hydrogen) atoms. The van der Waals surface area contributed by atoms with Gasteiger partial charge in [-0.1, -0.05) is 6.08 Å². The zero-order chi connectivity index (χ0) is 8.97. The average molecular weight is 170 g/mol. The summed E-state index contributed by atoms with van der Waals surface area (Å²) >= 11 is 0. The molecule has 1 aliphatic carbocycles. The van der Waals surface area contributed by atoms with Crippen LogP contribution in [0.15, 0.2) is 12.7 Å². The second-order valence-electron chi connectivity index (χ2n) is 3.15. The van der Waals surface area contributed by atoms with Gasteiger partial charge in [0.05, 0.1) is 6.10 Å². The standard InChI is InChI=1S/C9H14O3/c1-2-7-3-4-9(12-6-10)8(11)5-7/h2,6-9,11H,1,3-5H2. The van der Waals surface area contributed by atoms with Crippen molar-refractivity contribution in [1.29, 1.82) is 0 Å². The Morgan fingerprint density at radius 2 is 2.25 bits per heavy atom. The number of hydrogen-bond acceptors (Lipinski definition) is 3. The number of hydrogen-bond donors (Lipinski definition) is 1. The van der Waals surface area contributed by atoms with Crippen LogP contribution in [0.4, 0.5) is 0 Å². The molecule has 1 fully saturated rings. The van der Waals surface area contributed by atoms with Gasteiger partial charge in [-0.3, -0.25) is 4.79 Å². The lowest BCUT2D eigenvalue weighted by Crippen LogP contribution is -2.35. The zero-order valence-corrected chi connectivity index (χ0v) is 6.98. The normalized spacial score (nSPS) is 35.6. The van der Waals surface area contributed by atoms with Crippen LogP contribution in [0.1, 0.15) is 19.3 Å². The van der Waals surface area contributed by atoms with Crippen molar-refractivity contribution < 1.29 is 14.6 Å². The van der Waals surface area contributed by atoms with E-state index in [1.54, 1.807) is 0 Å². The first-order valence-corrected chi connectivity index (χ1v) is 4.17. The van der Waals surface area contributed by atoms with Crippen molar-refractivity contribution in [3.8, 4) is 0 Å². The predicted molar refractivity (Wildman–Crippen MR) is 44.5 cm³/mol. The van der Waals surface area contributed by atoms with Crippen LogP contribution in [-0.4, -0.2) is 23.8 Å². The van der Waals surface area contributed by atoms with Crippen LogP contribution in [0.3, 0.4) is 0 Å². The molecule has 0 saturated heterocycles. The molecular weight excluding hydrogens is 156 g/mol. The van der Waals surface area contributed by atoms with Crippen molar-refractivity contribution in [3.05, 3.63) is 12.7 Å². The summed E-state index contributed by atoms with van der Waals surface area (Å²) in [5, 5.41) is 9.47. The van der Waals surface area contributed by atoms with Crippen LogP contribution in [0.5, 0.6) is 0 Å². The van der Waals surface area contributed by atoms with E-state index in [1.165, 1.54) is 0 Å². The monoisotopic (exact) mass is 170 g/mol. The van der Waals surface area contributed by atoms with Crippen LogP contribution < -0.4 is 0 Å². The maximum Gasteiger partial charge on any atom is 0.293 e. The first kappa shape index (κ1) is 9.26. The summed E-state index contributed by atoms with van der Waals surface area (Å²) in [7, 11) is 0. The van der Waals surface area contributed by atoms with Crippen LogP contribution >= 0.6 is 0 Å². The van der Waals surface area contributed by atoms with Crippen molar-refractivity contribution in [2.24, 2.45) is 5.92 Å². The third-order valence-corrected chi connectivity index (χ3v) is 2.36. The molecule has 0 spiro atoms. The number of aliphatic hydroxyl groups excluding tert-OH is 1. The molecule has 1 aliphatic rings. The summed E-state index contributed by atoms with van der Waals surface area (Å²) < 4.78 is 4.72. The van der Waals surface area contributed by atoms with Crippen molar-refractivity contribution in [1.82, 2.24) is 0 Å². The highest BCUT2D eigenvalue weighted by atomic mass is 16.5. The molecule has 3 nitrogen and oxygen atoms in total. The third kappa shape index (κ3) is 2.08. The van der Waals surface area contributed by atoms with E-state index in [1.807, 2.05) is 6.08 Å². The van der Waals surface area contributed by atoms with Crippen LogP contribution in [-0.2, 0) is 9.53 Å². The van der Waals surface area contributed by atoms with Crippen molar-refractivity contribution >= 4 is 6.47 Å². The first-order valence-electron chi connectivity index (χ1n) is 4.17. The van der Waals surface area contributed by atoms with E-state index in [2.05, 4.69) is 6.58 Å². The minimum Gasteiger partial charge on any atom is -0.462 e. The Morgan fingerprint density at radius 3 is 2.75 bits per heavy atom. The topological polar surface area (TPSA) is 46.5 Å². The van der Waals surface area contributed by atoms with Gasteiger partial charge in [0.2, 0.25) is 0 Å². The van der Waals surface area contributed by atoms with Gasteiger partial charge in [0.25, 0.3) is 6.47 Å². The molecule has 0 aromatic heterocycles. The summed E-state index contributed by atoms with van der Waals surface area (Å²) in [4.78, 5) is 10.0. The summed E-state index contributed by atoms with van der Waals surface area (Å²) in [6.07, 6.45) is 3.35. The summed E-state index contributed by atoms with van der Waals surface area (Å²) in [5.41, 5.74) is 0. The average Bonchev–Trinajstić information content (AvgIpc) is 2.09. The summed E-state index contributed by atoms with van der Waals surface area (Å²) in [6, 6.07) is 0. The van der Waals surface area contributed by atoms with Crippen LogP contribution in [0.25, 0.3) is 0 Å². The molecule has 68 valence electrons. The second kappa shape index (κ2) is 4.26. The minimum absolute atomic E-state index is 0.307. The fourth-order valence-electron chi connectivity index (χ4n) is 1.59. The summed E-state index contributed by atoms with van der Waals surface area (Å²) in [6.45, 7) is 4.07. The number of carbonyl (C=O) groups excluding carboxylic acids is 1. The molecule has 0 amide bonds. The molecule has 0 heterocycles. The van der Waals surface area contributed by atoms with Crippen LogP contribution in [0, 0.1) is 5.92 Å². The van der Waals surface area contributed by atoms with Gasteiger partial charge >= 0.3 is 0 Å². The zero-order valence-electron chi connectivity index (χ0n) is 6.98. The predicted octanol–water partition coefficient (Wildman–Crippen LogP) is 0.875. The van der Waals surface area contributed by atoms with Gasteiger partial charge in [0.1, 0.15) is 6.10 Å². The van der Waals surface area contributed by atoms with Gasteiger partial charge < -0.3 is 9.84 Å². The highest BCUT2D eigenvalue weighted by Crippen LogP contribution is 2.26. The van der Waals surface area contributed by atoms with E-state index >= 15 is 0 Å². The first-order chi connectivity index (χ1) is 5.77. The molecule has 1 saturated carbocycles. The van der Waals surface area contributed by atoms with Gasteiger partial charge in [-0.05, 0) is 25.2 Å². The van der Waals surface area contributed by atoms with Gasteiger partial charge in [-0.2, -0.15) is 0 Å². The maximum atomic E-state index is 10.0. The number of allylic oxidation sites excluding steroid dienone is 1. The minimum atomic E-state index is -0.521. The lowest BCUT2D eigenvalue weighted by molar-refractivity contribution is -0.142. The number of rotatable bonds is 3. The van der Waals surface area contributed by atoms with E-state index < -0.39 is 6.10 Å². The Kier molecular flexibility index (Phi) is 3.29. The molecule has 3 atom stereocenters. The molecule has 0 bridgehead atoms. The van der Waals surface area contributed by atoms with Crippen molar-refractivity contribution in [2.75, 3.05) is 0 Å². The largest absolute Gasteiger partial charge is 0.462 e. The Balaban J connectivity index is 2.41. The molecular formula is C9H14O3. The fraction of sp³-hybridized carbons (Fsp3) is 0.667. The fourth-order valence-corrected chi connectivity index (χ4v) is 1.59. The quantitative estimate of drug-likeness (QED) is 0.505. The van der Waals surface area contributed by atoms with Gasteiger partial charge in [0, 0.05) is 0 Å². The van der Waals surface area contributed by atoms with E-state index in [4.69, 9.17) is 4.74 Å². The second-order valence-corrected chi connectivity index (χ2v) is 3.15. The van der Waals surface area contributed by atoms with Gasteiger partial charge in [0.15, 0.2) is 0 Å². The Morgan fingerprint density at radius 1 is 1.50 bits per heavy atom. The molecule has 1 rings (SSSR count). The number of ether oxygens (including phenoxy) is 1. The Bertz CT molecular complexity index is 167. The molecule has 1 N–H and O–H groups in total. The molecule has 0 radical (unpaired) electrons. The van der Waals surface area contributed by atoms with Crippen LogP contribution in [0.2, 0.25) is 0 Å². The highest BCUT2D eigenvalue weighted by Gasteiger charge is 2.28. The third-order valence-electron chi connectivity index (χ3n) is 2.36. The Labute approximate surface area is 72.0 Å². The molecule has 0 aliphatic heterocycles. The van der Waals surface area contributed by atoms with E-state index in [9.17, 15) is 9.90 Å². The van der Waals surface area contributed by atoms with Crippen molar-refractivity contribution in [3.63, 3.8) is 0 Å². The van der Waals surface area contributed by atoms with Gasteiger partial charge in [-0.15, -0.1) is 6.58 Å². The summed E-state index contributed by atoms with van der Waals surface area (Å²) in [5.74, 6) is 0.367. The number of carbonyl (C=O) groups is 1.